The predicted molar refractivity (Wildman–Crippen MR) is 83.8 cm³/mol. The zero-order chi connectivity index (χ0) is 15.4. The van der Waals surface area contributed by atoms with Crippen LogP contribution in [0.5, 0.6) is 0 Å². The summed E-state index contributed by atoms with van der Waals surface area (Å²) >= 11 is 0. The van der Waals surface area contributed by atoms with Gasteiger partial charge in [0.15, 0.2) is 0 Å². The van der Waals surface area contributed by atoms with Gasteiger partial charge in [-0.1, -0.05) is 46.5 Å². The van der Waals surface area contributed by atoms with Gasteiger partial charge in [-0.2, -0.15) is 0 Å². The van der Waals surface area contributed by atoms with Crippen molar-refractivity contribution in [2.75, 3.05) is 6.54 Å². The fourth-order valence-corrected chi connectivity index (χ4v) is 3.27. The van der Waals surface area contributed by atoms with E-state index in [2.05, 4.69) is 26.1 Å². The third-order valence-electron chi connectivity index (χ3n) is 5.20. The smallest absolute Gasteiger partial charge is 0.247 e. The monoisotopic (exact) mass is 294 g/mol. The van der Waals surface area contributed by atoms with Crippen molar-refractivity contribution in [1.82, 2.24) is 10.2 Å². The second-order valence-corrected chi connectivity index (χ2v) is 7.13. The van der Waals surface area contributed by atoms with Gasteiger partial charge >= 0.3 is 0 Å². The number of rotatable bonds is 5. The van der Waals surface area contributed by atoms with Gasteiger partial charge < -0.3 is 5.32 Å². The van der Waals surface area contributed by atoms with E-state index < -0.39 is 0 Å². The molecule has 1 N–H and O–H groups in total. The summed E-state index contributed by atoms with van der Waals surface area (Å²) in [4.78, 5) is 26.4. The zero-order valence-corrected chi connectivity index (χ0v) is 13.7. The summed E-state index contributed by atoms with van der Waals surface area (Å²) in [5, 5.41) is 3.32. The number of nitrogens with one attached hydrogen (secondary N) is 1. The lowest BCUT2D eigenvalue weighted by atomic mass is 9.98. The number of nitrogens with zero attached hydrogens (tertiary/aromatic N) is 1. The van der Waals surface area contributed by atoms with Crippen LogP contribution in [0.2, 0.25) is 0 Å². The summed E-state index contributed by atoms with van der Waals surface area (Å²) < 4.78 is 0. The highest BCUT2D eigenvalue weighted by Crippen LogP contribution is 2.26. The van der Waals surface area contributed by atoms with E-state index in [4.69, 9.17) is 0 Å². The van der Waals surface area contributed by atoms with Crippen molar-refractivity contribution >= 4 is 11.8 Å². The van der Waals surface area contributed by atoms with E-state index in [1.165, 1.54) is 12.8 Å². The lowest BCUT2D eigenvalue weighted by Crippen LogP contribution is -2.44. The van der Waals surface area contributed by atoms with Crippen molar-refractivity contribution in [3.8, 4) is 0 Å². The van der Waals surface area contributed by atoms with Gasteiger partial charge in [0.2, 0.25) is 11.8 Å². The summed E-state index contributed by atoms with van der Waals surface area (Å²) in [5.41, 5.74) is 0. The van der Waals surface area contributed by atoms with E-state index in [1.807, 2.05) is 0 Å². The molecule has 0 aromatic heterocycles. The molecule has 1 saturated carbocycles. The van der Waals surface area contributed by atoms with E-state index in [0.29, 0.717) is 18.3 Å². The Labute approximate surface area is 128 Å². The Morgan fingerprint density at radius 3 is 2.29 bits per heavy atom. The molecule has 2 fully saturated rings. The molecular weight excluding hydrogens is 264 g/mol. The molecule has 1 heterocycles. The number of carbonyl (C=O) groups excluding carboxylic acids is 2. The number of hydrogen-bond donors (Lipinski definition) is 1. The van der Waals surface area contributed by atoms with Crippen LogP contribution in [0.25, 0.3) is 0 Å². The molecule has 1 aliphatic heterocycles. The average molecular weight is 294 g/mol. The van der Waals surface area contributed by atoms with Gasteiger partial charge in [-0.05, 0) is 31.2 Å². The van der Waals surface area contributed by atoms with E-state index in [1.54, 1.807) is 4.90 Å². The van der Waals surface area contributed by atoms with Crippen molar-refractivity contribution < 1.29 is 9.59 Å². The van der Waals surface area contributed by atoms with Crippen LogP contribution in [-0.4, -0.2) is 35.3 Å². The highest BCUT2D eigenvalue weighted by Gasteiger charge is 2.42. The Kier molecular flexibility index (Phi) is 5.80. The predicted octanol–water partition coefficient (Wildman–Crippen LogP) is 2.72. The summed E-state index contributed by atoms with van der Waals surface area (Å²) in [7, 11) is 0. The molecule has 2 amide bonds. The molecule has 2 atom stereocenters. The first-order valence-corrected chi connectivity index (χ1v) is 8.60. The molecule has 4 heteroatoms. The molecule has 21 heavy (non-hydrogen) atoms. The molecule has 0 aromatic rings. The quantitative estimate of drug-likeness (QED) is 0.626. The molecule has 0 radical (unpaired) electrons. The van der Waals surface area contributed by atoms with Gasteiger partial charge in [0, 0.05) is 6.04 Å². The topological polar surface area (TPSA) is 49.4 Å². The van der Waals surface area contributed by atoms with Gasteiger partial charge in [-0.15, -0.1) is 0 Å². The van der Waals surface area contributed by atoms with E-state index in [0.717, 1.165) is 32.2 Å². The first kappa shape index (κ1) is 16.5. The van der Waals surface area contributed by atoms with Gasteiger partial charge in [0.25, 0.3) is 0 Å². The Balaban J connectivity index is 1.92. The fraction of sp³-hybridized carbons (Fsp3) is 0.882. The number of amides is 2. The molecule has 2 aliphatic rings. The second-order valence-electron chi connectivity index (χ2n) is 7.13. The van der Waals surface area contributed by atoms with Crippen molar-refractivity contribution in [3.05, 3.63) is 0 Å². The Hall–Kier alpha value is -0.900. The van der Waals surface area contributed by atoms with Crippen LogP contribution < -0.4 is 5.32 Å². The van der Waals surface area contributed by atoms with Crippen molar-refractivity contribution in [3.63, 3.8) is 0 Å². The average Bonchev–Trinajstić information content (AvgIpc) is 2.63. The summed E-state index contributed by atoms with van der Waals surface area (Å²) in [6.45, 7) is 7.36. The van der Waals surface area contributed by atoms with Crippen molar-refractivity contribution in [1.29, 1.82) is 0 Å². The van der Waals surface area contributed by atoms with E-state index >= 15 is 0 Å². The van der Waals surface area contributed by atoms with Crippen LogP contribution in [0.1, 0.15) is 65.7 Å². The van der Waals surface area contributed by atoms with Crippen LogP contribution >= 0.6 is 0 Å². The molecule has 0 bridgehead atoms. The van der Waals surface area contributed by atoms with Crippen LogP contribution in [0.15, 0.2) is 0 Å². The van der Waals surface area contributed by atoms with Crippen molar-refractivity contribution in [2.45, 2.75) is 77.8 Å². The summed E-state index contributed by atoms with van der Waals surface area (Å²) in [5.74, 6) is 1.15. The molecule has 0 aromatic carbocycles. The standard InChI is InChI=1S/C17H30N2O2/c1-12(2)13(3)11-18-15-10-16(20)19(17(15)21)14-8-6-4-5-7-9-14/h12-15,18H,4-11H2,1-3H3. The molecule has 1 aliphatic carbocycles. The highest BCUT2D eigenvalue weighted by atomic mass is 16.2. The molecule has 2 unspecified atom stereocenters. The normalized spacial score (nSPS) is 26.5. The molecular formula is C17H30N2O2. The number of imide groups is 1. The third-order valence-corrected chi connectivity index (χ3v) is 5.20. The van der Waals surface area contributed by atoms with E-state index in [9.17, 15) is 9.59 Å². The molecule has 120 valence electrons. The zero-order valence-electron chi connectivity index (χ0n) is 13.7. The third kappa shape index (κ3) is 4.06. The van der Waals surface area contributed by atoms with Gasteiger partial charge in [-0.3, -0.25) is 14.5 Å². The number of carbonyl (C=O) groups is 2. The molecule has 1 saturated heterocycles. The first-order valence-electron chi connectivity index (χ1n) is 8.60. The molecule has 2 rings (SSSR count). The Morgan fingerprint density at radius 1 is 1.10 bits per heavy atom. The van der Waals surface area contributed by atoms with Crippen LogP contribution in [-0.2, 0) is 9.59 Å². The fourth-order valence-electron chi connectivity index (χ4n) is 3.27. The minimum Gasteiger partial charge on any atom is -0.305 e. The minimum absolute atomic E-state index is 0.0165. The molecule has 0 spiro atoms. The van der Waals surface area contributed by atoms with Gasteiger partial charge in [0.1, 0.15) is 0 Å². The van der Waals surface area contributed by atoms with E-state index in [-0.39, 0.29) is 23.9 Å². The second kappa shape index (κ2) is 7.39. The van der Waals surface area contributed by atoms with Crippen LogP contribution in [0, 0.1) is 11.8 Å². The number of likely N-dealkylation sites (tertiary alicyclic amines) is 1. The van der Waals surface area contributed by atoms with Crippen LogP contribution in [0.3, 0.4) is 0 Å². The summed E-state index contributed by atoms with van der Waals surface area (Å²) in [6, 6.07) is -0.135. The van der Waals surface area contributed by atoms with Gasteiger partial charge in [-0.25, -0.2) is 0 Å². The number of hydrogen-bond acceptors (Lipinski definition) is 3. The van der Waals surface area contributed by atoms with Gasteiger partial charge in [0.05, 0.1) is 12.5 Å². The Bertz CT molecular complexity index is 373. The SMILES string of the molecule is CC(C)C(C)CNC1CC(=O)N(C2CCCCCC2)C1=O. The van der Waals surface area contributed by atoms with Crippen LogP contribution in [0.4, 0.5) is 0 Å². The first-order chi connectivity index (χ1) is 10.0. The minimum atomic E-state index is -0.290. The Morgan fingerprint density at radius 2 is 1.71 bits per heavy atom. The maximum Gasteiger partial charge on any atom is 0.247 e. The highest BCUT2D eigenvalue weighted by molar-refractivity contribution is 6.05. The molecule has 4 nitrogen and oxygen atoms in total. The summed E-state index contributed by atoms with van der Waals surface area (Å²) in [6.07, 6.45) is 7.09. The lowest BCUT2D eigenvalue weighted by molar-refractivity contribution is -0.141. The largest absolute Gasteiger partial charge is 0.305 e. The maximum absolute atomic E-state index is 12.6. The maximum atomic E-state index is 12.6. The van der Waals surface area contributed by atoms with Crippen molar-refractivity contribution in [2.24, 2.45) is 11.8 Å². The lowest BCUT2D eigenvalue weighted by Gasteiger charge is -2.25.